The molecule has 0 fully saturated rings. The van der Waals surface area contributed by atoms with Gasteiger partial charge in [0.2, 0.25) is 0 Å². The number of hydrogen-bond acceptors (Lipinski definition) is 4. The second-order valence-corrected chi connectivity index (χ2v) is 5.97. The molecule has 2 N–H and O–H groups in total. The van der Waals surface area contributed by atoms with Crippen molar-refractivity contribution in [3.05, 3.63) is 52.0 Å². The Hall–Kier alpha value is -1.91. The number of aryl methyl sites for hydroxylation is 2. The minimum atomic E-state index is 0.375. The van der Waals surface area contributed by atoms with Crippen molar-refractivity contribution < 1.29 is 14.2 Å². The van der Waals surface area contributed by atoms with Crippen molar-refractivity contribution in [2.24, 2.45) is 5.73 Å². The molecule has 5 heteroatoms. The van der Waals surface area contributed by atoms with Gasteiger partial charge in [-0.3, -0.25) is 0 Å². The maximum Gasteiger partial charge on any atom is 0.179 e. The molecule has 0 aliphatic rings. The predicted octanol–water partition coefficient (Wildman–Crippen LogP) is 3.92. The molecule has 0 saturated heterocycles. The van der Waals surface area contributed by atoms with Crippen LogP contribution in [0.15, 0.2) is 30.3 Å². The van der Waals surface area contributed by atoms with Crippen LogP contribution in [-0.2, 0) is 6.42 Å². The lowest BCUT2D eigenvalue weighted by Gasteiger charge is -2.15. The Balaban J connectivity index is 1.99. The van der Waals surface area contributed by atoms with E-state index in [-0.39, 0.29) is 0 Å². The molecule has 2 rings (SSSR count). The number of benzene rings is 2. The molecule has 0 spiro atoms. The lowest BCUT2D eigenvalue weighted by molar-refractivity contribution is 0.210. The molecule has 0 aromatic heterocycles. The summed E-state index contributed by atoms with van der Waals surface area (Å²) < 4.78 is 17.0. The van der Waals surface area contributed by atoms with E-state index in [4.69, 9.17) is 31.5 Å². The maximum absolute atomic E-state index is 6.31. The van der Waals surface area contributed by atoms with Crippen LogP contribution in [0.5, 0.6) is 17.2 Å². The van der Waals surface area contributed by atoms with Gasteiger partial charge in [0.1, 0.15) is 19.0 Å². The zero-order valence-corrected chi connectivity index (χ0v) is 15.2. The van der Waals surface area contributed by atoms with Gasteiger partial charge in [-0.15, -0.1) is 0 Å². The van der Waals surface area contributed by atoms with Crippen LogP contribution >= 0.6 is 11.6 Å². The monoisotopic (exact) mass is 349 g/mol. The van der Waals surface area contributed by atoms with Gasteiger partial charge < -0.3 is 19.9 Å². The lowest BCUT2D eigenvalue weighted by atomic mass is 10.1. The summed E-state index contributed by atoms with van der Waals surface area (Å²) in [6, 6.07) is 9.83. The summed E-state index contributed by atoms with van der Waals surface area (Å²) in [7, 11) is 1.60. The maximum atomic E-state index is 6.31. The molecule has 2 aromatic rings. The van der Waals surface area contributed by atoms with Crippen molar-refractivity contribution >= 4 is 11.6 Å². The Morgan fingerprint density at radius 3 is 2.21 bits per heavy atom. The van der Waals surface area contributed by atoms with E-state index >= 15 is 0 Å². The minimum absolute atomic E-state index is 0.375. The number of nitrogens with two attached hydrogens (primary N) is 1. The van der Waals surface area contributed by atoms with Crippen LogP contribution in [0.3, 0.4) is 0 Å². The Labute approximate surface area is 148 Å². The van der Waals surface area contributed by atoms with Gasteiger partial charge in [0.25, 0.3) is 0 Å². The van der Waals surface area contributed by atoms with Gasteiger partial charge in [0.15, 0.2) is 11.5 Å². The Morgan fingerprint density at radius 2 is 1.62 bits per heavy atom. The highest BCUT2D eigenvalue weighted by atomic mass is 35.5. The zero-order valence-electron chi connectivity index (χ0n) is 14.4. The van der Waals surface area contributed by atoms with Crippen LogP contribution in [0.2, 0.25) is 5.02 Å². The van der Waals surface area contributed by atoms with Gasteiger partial charge in [-0.1, -0.05) is 29.8 Å². The second-order valence-electron chi connectivity index (χ2n) is 5.57. The molecule has 0 aliphatic heterocycles. The Bertz CT molecular complexity index is 668. The molecule has 24 heavy (non-hydrogen) atoms. The highest BCUT2D eigenvalue weighted by molar-refractivity contribution is 6.32. The molecular formula is C19H24ClNO3. The molecule has 0 radical (unpaired) electrons. The first-order valence-corrected chi connectivity index (χ1v) is 8.33. The third-order valence-electron chi connectivity index (χ3n) is 3.71. The molecule has 4 nitrogen and oxygen atoms in total. The first-order valence-electron chi connectivity index (χ1n) is 7.95. The van der Waals surface area contributed by atoms with Crippen LogP contribution in [0.25, 0.3) is 0 Å². The van der Waals surface area contributed by atoms with Crippen LogP contribution in [0, 0.1) is 13.8 Å². The highest BCUT2D eigenvalue weighted by Crippen LogP contribution is 2.36. The Kier molecular flexibility index (Phi) is 6.76. The van der Waals surface area contributed by atoms with E-state index in [1.54, 1.807) is 7.11 Å². The van der Waals surface area contributed by atoms with Gasteiger partial charge in [0.05, 0.1) is 12.1 Å². The first kappa shape index (κ1) is 18.4. The molecule has 0 unspecified atom stereocenters. The molecular weight excluding hydrogens is 326 g/mol. The second kappa shape index (κ2) is 8.81. The topological polar surface area (TPSA) is 53.7 Å². The molecule has 0 amide bonds. The quantitative estimate of drug-likeness (QED) is 0.734. The number of halogens is 1. The number of ether oxygens (including phenoxy) is 3. The van der Waals surface area contributed by atoms with E-state index in [9.17, 15) is 0 Å². The van der Waals surface area contributed by atoms with Crippen molar-refractivity contribution in [1.29, 1.82) is 0 Å². The molecule has 0 aliphatic carbocycles. The SMILES string of the molecule is COc1cc(CCN)cc(Cl)c1OCCOc1c(C)cccc1C. The first-order chi connectivity index (χ1) is 11.6. The summed E-state index contributed by atoms with van der Waals surface area (Å²) >= 11 is 6.31. The zero-order chi connectivity index (χ0) is 17.5. The normalized spacial score (nSPS) is 10.5. The molecule has 0 saturated carbocycles. The van der Waals surface area contributed by atoms with E-state index in [0.717, 1.165) is 28.9 Å². The predicted molar refractivity (Wildman–Crippen MR) is 97.7 cm³/mol. The average Bonchev–Trinajstić information content (AvgIpc) is 2.55. The summed E-state index contributed by atoms with van der Waals surface area (Å²) in [6.07, 6.45) is 0.742. The fourth-order valence-electron chi connectivity index (χ4n) is 2.54. The van der Waals surface area contributed by atoms with Gasteiger partial charge in [-0.2, -0.15) is 0 Å². The van der Waals surface area contributed by atoms with Crippen molar-refractivity contribution in [1.82, 2.24) is 0 Å². The smallest absolute Gasteiger partial charge is 0.179 e. The molecule has 0 atom stereocenters. The standard InChI is InChI=1S/C19H24ClNO3/c1-13-5-4-6-14(2)18(13)23-9-10-24-19-16(20)11-15(7-8-21)12-17(19)22-3/h4-6,11-12H,7-10,21H2,1-3H3. The number of rotatable bonds is 8. The molecule has 0 heterocycles. The van der Waals surface area contributed by atoms with E-state index in [0.29, 0.717) is 36.3 Å². The van der Waals surface area contributed by atoms with Gasteiger partial charge in [0, 0.05) is 0 Å². The van der Waals surface area contributed by atoms with E-state index < -0.39 is 0 Å². The van der Waals surface area contributed by atoms with E-state index in [2.05, 4.69) is 0 Å². The molecule has 130 valence electrons. The van der Waals surface area contributed by atoms with E-state index in [1.165, 1.54) is 0 Å². The lowest BCUT2D eigenvalue weighted by Crippen LogP contribution is -2.11. The van der Waals surface area contributed by atoms with Gasteiger partial charge >= 0.3 is 0 Å². The van der Waals surface area contributed by atoms with Crippen LogP contribution in [0.1, 0.15) is 16.7 Å². The largest absolute Gasteiger partial charge is 0.493 e. The number of methoxy groups -OCH3 is 1. The molecule has 0 bridgehead atoms. The van der Waals surface area contributed by atoms with Crippen LogP contribution in [0.4, 0.5) is 0 Å². The van der Waals surface area contributed by atoms with Crippen molar-refractivity contribution in [3.8, 4) is 17.2 Å². The molecule has 2 aromatic carbocycles. The number of hydrogen-bond donors (Lipinski definition) is 1. The summed E-state index contributed by atoms with van der Waals surface area (Å²) in [4.78, 5) is 0. The number of para-hydroxylation sites is 1. The van der Waals surface area contributed by atoms with Gasteiger partial charge in [-0.05, 0) is 55.6 Å². The Morgan fingerprint density at radius 1 is 1.00 bits per heavy atom. The van der Waals surface area contributed by atoms with E-state index in [1.807, 2.05) is 44.2 Å². The average molecular weight is 350 g/mol. The van der Waals surface area contributed by atoms with Crippen molar-refractivity contribution in [2.45, 2.75) is 20.3 Å². The minimum Gasteiger partial charge on any atom is -0.493 e. The third kappa shape index (κ3) is 4.56. The fourth-order valence-corrected chi connectivity index (χ4v) is 2.83. The van der Waals surface area contributed by atoms with Crippen LogP contribution in [-0.4, -0.2) is 26.9 Å². The van der Waals surface area contributed by atoms with Crippen LogP contribution < -0.4 is 19.9 Å². The van der Waals surface area contributed by atoms with Crippen molar-refractivity contribution in [3.63, 3.8) is 0 Å². The highest BCUT2D eigenvalue weighted by Gasteiger charge is 2.12. The fraction of sp³-hybridized carbons (Fsp3) is 0.368. The van der Waals surface area contributed by atoms with Crippen molar-refractivity contribution in [2.75, 3.05) is 26.9 Å². The summed E-state index contributed by atoms with van der Waals surface area (Å²) in [6.45, 7) is 5.41. The van der Waals surface area contributed by atoms with Gasteiger partial charge in [-0.25, -0.2) is 0 Å². The third-order valence-corrected chi connectivity index (χ3v) is 3.99. The summed E-state index contributed by atoms with van der Waals surface area (Å²) in [5, 5.41) is 0.518. The summed E-state index contributed by atoms with van der Waals surface area (Å²) in [5.41, 5.74) is 8.83. The summed E-state index contributed by atoms with van der Waals surface area (Å²) in [5.74, 6) is 2.04.